The van der Waals surface area contributed by atoms with Gasteiger partial charge in [0, 0.05) is 24.9 Å². The standard InChI is InChI=1S/C23H31N3O3S/c1-4-29-22(28)20-15(2)26(3)23(30)25-21(20)17-10-7-11-18(14-17)24-19(27)13-12-16-8-5-6-9-16/h7,10-11,14,16,21H,4-6,8-9,12-13H2,1-3H3,(H,24,27)(H,25,30)/t21-/m0/s1. The normalized spacial score (nSPS) is 19.6. The molecular formula is C23H31N3O3S. The van der Waals surface area contributed by atoms with Crippen LogP contribution in [0.5, 0.6) is 0 Å². The third kappa shape index (κ3) is 5.19. The predicted octanol–water partition coefficient (Wildman–Crippen LogP) is 4.29. The number of rotatable bonds is 7. The van der Waals surface area contributed by atoms with Crippen LogP contribution in [-0.4, -0.2) is 35.5 Å². The monoisotopic (exact) mass is 429 g/mol. The van der Waals surface area contributed by atoms with E-state index in [0.29, 0.717) is 29.6 Å². The summed E-state index contributed by atoms with van der Waals surface area (Å²) in [4.78, 5) is 26.9. The molecule has 1 heterocycles. The van der Waals surface area contributed by atoms with Gasteiger partial charge < -0.3 is 20.3 Å². The highest BCUT2D eigenvalue weighted by Crippen LogP contribution is 2.32. The van der Waals surface area contributed by atoms with Crippen LogP contribution in [0.15, 0.2) is 35.5 Å². The van der Waals surface area contributed by atoms with Gasteiger partial charge in [0.15, 0.2) is 5.11 Å². The summed E-state index contributed by atoms with van der Waals surface area (Å²) in [5.41, 5.74) is 2.85. The van der Waals surface area contributed by atoms with Crippen molar-refractivity contribution in [2.75, 3.05) is 19.0 Å². The molecule has 1 amide bonds. The van der Waals surface area contributed by atoms with Crippen molar-refractivity contribution in [1.82, 2.24) is 10.2 Å². The highest BCUT2D eigenvalue weighted by atomic mass is 32.1. The number of carbonyl (C=O) groups excluding carboxylic acids is 2. The van der Waals surface area contributed by atoms with E-state index in [1.165, 1.54) is 25.7 Å². The Labute approximate surface area is 184 Å². The van der Waals surface area contributed by atoms with Gasteiger partial charge in [0.1, 0.15) is 0 Å². The summed E-state index contributed by atoms with van der Waals surface area (Å²) in [7, 11) is 1.82. The third-order valence-corrected chi connectivity index (χ3v) is 6.40. The lowest BCUT2D eigenvalue weighted by molar-refractivity contribution is -0.139. The van der Waals surface area contributed by atoms with Crippen molar-refractivity contribution < 1.29 is 14.3 Å². The van der Waals surface area contributed by atoms with Crippen molar-refractivity contribution in [2.24, 2.45) is 5.92 Å². The van der Waals surface area contributed by atoms with E-state index in [9.17, 15) is 9.59 Å². The van der Waals surface area contributed by atoms with Crippen LogP contribution in [0.3, 0.4) is 0 Å². The van der Waals surface area contributed by atoms with E-state index in [0.717, 1.165) is 23.4 Å². The first-order valence-corrected chi connectivity index (χ1v) is 11.1. The molecule has 30 heavy (non-hydrogen) atoms. The quantitative estimate of drug-likeness (QED) is 0.498. The smallest absolute Gasteiger partial charge is 0.338 e. The molecule has 0 saturated heterocycles. The fourth-order valence-corrected chi connectivity index (χ4v) is 4.47. The van der Waals surface area contributed by atoms with Gasteiger partial charge in [-0.25, -0.2) is 4.79 Å². The van der Waals surface area contributed by atoms with Crippen molar-refractivity contribution in [3.63, 3.8) is 0 Å². The number of amides is 1. The SMILES string of the molecule is CCOC(=O)C1=C(C)N(C)C(=S)N[C@H]1c1cccc(NC(=O)CCC2CCCC2)c1. The Balaban J connectivity index is 1.76. The number of benzene rings is 1. The van der Waals surface area contributed by atoms with Crippen LogP contribution in [0.25, 0.3) is 0 Å². The van der Waals surface area contributed by atoms with E-state index in [2.05, 4.69) is 10.6 Å². The maximum atomic E-state index is 12.7. The first-order chi connectivity index (χ1) is 14.4. The Kier molecular flexibility index (Phi) is 7.48. The van der Waals surface area contributed by atoms with Crippen LogP contribution in [0.4, 0.5) is 5.69 Å². The first kappa shape index (κ1) is 22.3. The fraction of sp³-hybridized carbons (Fsp3) is 0.522. The molecule has 7 heteroatoms. The molecule has 1 aliphatic carbocycles. The molecule has 162 valence electrons. The van der Waals surface area contributed by atoms with Gasteiger partial charge in [-0.3, -0.25) is 4.79 Å². The van der Waals surface area contributed by atoms with E-state index in [4.69, 9.17) is 17.0 Å². The molecule has 3 rings (SSSR count). The maximum Gasteiger partial charge on any atom is 0.338 e. The Morgan fingerprint density at radius 2 is 2.03 bits per heavy atom. The van der Waals surface area contributed by atoms with Crippen molar-refractivity contribution >= 4 is 34.9 Å². The molecular weight excluding hydrogens is 398 g/mol. The molecule has 1 aromatic carbocycles. The van der Waals surface area contributed by atoms with E-state index < -0.39 is 6.04 Å². The average molecular weight is 430 g/mol. The van der Waals surface area contributed by atoms with Gasteiger partial charge in [-0.1, -0.05) is 37.8 Å². The van der Waals surface area contributed by atoms with Crippen molar-refractivity contribution in [2.45, 2.75) is 58.4 Å². The minimum Gasteiger partial charge on any atom is -0.463 e. The van der Waals surface area contributed by atoms with Crippen molar-refractivity contribution in [3.8, 4) is 0 Å². The summed E-state index contributed by atoms with van der Waals surface area (Å²) in [6.45, 7) is 3.95. The second-order valence-corrected chi connectivity index (χ2v) is 8.41. The molecule has 1 saturated carbocycles. The molecule has 1 aliphatic heterocycles. The number of hydrogen-bond donors (Lipinski definition) is 2. The summed E-state index contributed by atoms with van der Waals surface area (Å²) in [5, 5.41) is 6.77. The lowest BCUT2D eigenvalue weighted by Crippen LogP contribution is -2.46. The Morgan fingerprint density at radius 3 is 2.73 bits per heavy atom. The molecule has 2 N–H and O–H groups in total. The van der Waals surface area contributed by atoms with E-state index in [1.807, 2.05) is 38.2 Å². The lowest BCUT2D eigenvalue weighted by Gasteiger charge is -2.35. The van der Waals surface area contributed by atoms with Crippen LogP contribution in [-0.2, 0) is 14.3 Å². The van der Waals surface area contributed by atoms with E-state index in [1.54, 1.807) is 11.8 Å². The Bertz CT molecular complexity index is 846. The fourth-order valence-electron chi connectivity index (χ4n) is 4.21. The summed E-state index contributed by atoms with van der Waals surface area (Å²) >= 11 is 5.44. The minimum atomic E-state index is -0.428. The van der Waals surface area contributed by atoms with Crippen molar-refractivity contribution in [3.05, 3.63) is 41.1 Å². The van der Waals surface area contributed by atoms with Gasteiger partial charge >= 0.3 is 5.97 Å². The molecule has 1 fully saturated rings. The van der Waals surface area contributed by atoms with E-state index >= 15 is 0 Å². The van der Waals surface area contributed by atoms with Crippen molar-refractivity contribution in [1.29, 1.82) is 0 Å². The summed E-state index contributed by atoms with van der Waals surface area (Å²) < 4.78 is 5.29. The zero-order chi connectivity index (χ0) is 21.7. The second kappa shape index (κ2) is 10.1. The predicted molar refractivity (Wildman–Crippen MR) is 122 cm³/mol. The number of hydrogen-bond acceptors (Lipinski definition) is 4. The first-order valence-electron chi connectivity index (χ1n) is 10.7. The largest absolute Gasteiger partial charge is 0.463 e. The third-order valence-electron chi connectivity index (χ3n) is 6.01. The van der Waals surface area contributed by atoms with Crippen LogP contribution in [0, 0.1) is 5.92 Å². The van der Waals surface area contributed by atoms with Crippen LogP contribution in [0.1, 0.15) is 64.0 Å². The summed E-state index contributed by atoms with van der Waals surface area (Å²) in [5.74, 6) is 0.350. The molecule has 1 aromatic rings. The van der Waals surface area contributed by atoms with Gasteiger partial charge in [0.25, 0.3) is 0 Å². The maximum absolute atomic E-state index is 12.7. The number of nitrogens with one attached hydrogen (secondary N) is 2. The Hall–Kier alpha value is -2.41. The van der Waals surface area contributed by atoms with Gasteiger partial charge in [-0.2, -0.15) is 0 Å². The molecule has 0 bridgehead atoms. The number of esters is 1. The molecule has 0 aromatic heterocycles. The number of thiocarbonyl (C=S) groups is 1. The zero-order valence-corrected chi connectivity index (χ0v) is 18.8. The second-order valence-electron chi connectivity index (χ2n) is 8.02. The molecule has 6 nitrogen and oxygen atoms in total. The highest BCUT2D eigenvalue weighted by molar-refractivity contribution is 7.80. The number of ether oxygens (including phenoxy) is 1. The number of nitrogens with zero attached hydrogens (tertiary/aromatic N) is 1. The average Bonchev–Trinajstić information content (AvgIpc) is 3.24. The van der Waals surface area contributed by atoms with Gasteiger partial charge in [-0.05, 0) is 56.1 Å². The van der Waals surface area contributed by atoms with Crippen LogP contribution >= 0.6 is 12.2 Å². The summed E-state index contributed by atoms with van der Waals surface area (Å²) in [6.07, 6.45) is 6.55. The molecule has 0 spiro atoms. The molecule has 0 radical (unpaired) electrons. The minimum absolute atomic E-state index is 0.0308. The highest BCUT2D eigenvalue weighted by Gasteiger charge is 2.33. The van der Waals surface area contributed by atoms with Gasteiger partial charge in [-0.15, -0.1) is 0 Å². The molecule has 2 aliphatic rings. The van der Waals surface area contributed by atoms with Crippen LogP contribution in [0.2, 0.25) is 0 Å². The number of allylic oxidation sites excluding steroid dienone is 1. The molecule has 1 atom stereocenters. The van der Waals surface area contributed by atoms with Crippen LogP contribution < -0.4 is 10.6 Å². The van der Waals surface area contributed by atoms with E-state index in [-0.39, 0.29) is 11.9 Å². The topological polar surface area (TPSA) is 70.7 Å². The summed E-state index contributed by atoms with van der Waals surface area (Å²) in [6, 6.07) is 7.13. The van der Waals surface area contributed by atoms with Gasteiger partial charge in [0.05, 0.1) is 18.2 Å². The number of carbonyl (C=O) groups is 2. The lowest BCUT2D eigenvalue weighted by atomic mass is 9.94. The number of anilines is 1. The van der Waals surface area contributed by atoms with Gasteiger partial charge in [0.2, 0.25) is 5.91 Å². The zero-order valence-electron chi connectivity index (χ0n) is 18.0. The molecule has 0 unspecified atom stereocenters. The Morgan fingerprint density at radius 1 is 1.30 bits per heavy atom.